The van der Waals surface area contributed by atoms with Crippen LogP contribution in [-0.4, -0.2) is 23.6 Å². The normalized spacial score (nSPS) is 10.9. The van der Waals surface area contributed by atoms with Crippen LogP contribution in [-0.2, 0) is 13.1 Å². The molecule has 1 heterocycles. The van der Waals surface area contributed by atoms with Crippen molar-refractivity contribution in [3.05, 3.63) is 36.0 Å². The summed E-state index contributed by atoms with van der Waals surface area (Å²) in [7, 11) is 4.15. The SMILES string of the molecule is C#CCn1cc(CN(C)C)c2ccccc21. The number of rotatable bonds is 3. The van der Waals surface area contributed by atoms with E-state index in [-0.39, 0.29) is 0 Å². The molecule has 0 bridgehead atoms. The summed E-state index contributed by atoms with van der Waals surface area (Å²) < 4.78 is 2.13. The molecule has 2 rings (SSSR count). The van der Waals surface area contributed by atoms with Gasteiger partial charge in [0.05, 0.1) is 6.54 Å². The van der Waals surface area contributed by atoms with Crippen molar-refractivity contribution in [2.75, 3.05) is 14.1 Å². The minimum Gasteiger partial charge on any atom is -0.336 e. The van der Waals surface area contributed by atoms with Gasteiger partial charge in [0.2, 0.25) is 0 Å². The summed E-state index contributed by atoms with van der Waals surface area (Å²) in [6, 6.07) is 8.39. The topological polar surface area (TPSA) is 8.17 Å². The smallest absolute Gasteiger partial charge is 0.0835 e. The Balaban J connectivity index is 2.54. The molecule has 0 fully saturated rings. The first kappa shape index (κ1) is 10.8. The Hall–Kier alpha value is -1.72. The molecule has 1 aromatic heterocycles. The fourth-order valence-electron chi connectivity index (χ4n) is 2.02. The van der Waals surface area contributed by atoms with Crippen LogP contribution in [0.1, 0.15) is 5.56 Å². The lowest BCUT2D eigenvalue weighted by molar-refractivity contribution is 0.403. The van der Waals surface area contributed by atoms with Gasteiger partial charge in [0.25, 0.3) is 0 Å². The molecule has 0 amide bonds. The molecule has 0 unspecified atom stereocenters. The minimum atomic E-state index is 0.633. The van der Waals surface area contributed by atoms with E-state index in [1.54, 1.807) is 0 Å². The largest absolute Gasteiger partial charge is 0.336 e. The van der Waals surface area contributed by atoms with Crippen LogP contribution in [0.2, 0.25) is 0 Å². The van der Waals surface area contributed by atoms with Gasteiger partial charge in [0.15, 0.2) is 0 Å². The summed E-state index contributed by atoms with van der Waals surface area (Å²) >= 11 is 0. The van der Waals surface area contributed by atoms with E-state index in [1.807, 2.05) is 0 Å². The maximum absolute atomic E-state index is 5.38. The zero-order chi connectivity index (χ0) is 11.5. The molecule has 2 aromatic rings. The van der Waals surface area contributed by atoms with E-state index >= 15 is 0 Å². The summed E-state index contributed by atoms with van der Waals surface area (Å²) in [5.74, 6) is 2.69. The maximum atomic E-state index is 5.38. The van der Waals surface area contributed by atoms with Gasteiger partial charge in [-0.1, -0.05) is 24.1 Å². The number of aromatic nitrogens is 1. The second-order valence-corrected chi connectivity index (χ2v) is 4.24. The summed E-state index contributed by atoms with van der Waals surface area (Å²) in [4.78, 5) is 2.17. The van der Waals surface area contributed by atoms with Crippen molar-refractivity contribution >= 4 is 10.9 Å². The average molecular weight is 212 g/mol. The molecule has 16 heavy (non-hydrogen) atoms. The van der Waals surface area contributed by atoms with Crippen LogP contribution < -0.4 is 0 Å². The van der Waals surface area contributed by atoms with E-state index in [1.165, 1.54) is 16.5 Å². The molecule has 2 heteroatoms. The van der Waals surface area contributed by atoms with Crippen molar-refractivity contribution in [1.82, 2.24) is 9.47 Å². The van der Waals surface area contributed by atoms with Crippen LogP contribution in [0.15, 0.2) is 30.5 Å². The van der Waals surface area contributed by atoms with E-state index in [0.717, 1.165) is 6.54 Å². The second-order valence-electron chi connectivity index (χ2n) is 4.24. The molecule has 0 N–H and O–H groups in total. The van der Waals surface area contributed by atoms with Crippen molar-refractivity contribution < 1.29 is 0 Å². The number of terminal acetylenes is 1. The first-order valence-electron chi connectivity index (χ1n) is 5.37. The summed E-state index contributed by atoms with van der Waals surface area (Å²) in [5.41, 5.74) is 2.55. The van der Waals surface area contributed by atoms with Crippen LogP contribution in [0.3, 0.4) is 0 Å². The molecule has 0 radical (unpaired) electrons. The molecule has 0 saturated carbocycles. The molecule has 0 aliphatic rings. The Labute approximate surface area is 96.5 Å². The Kier molecular flexibility index (Phi) is 2.98. The van der Waals surface area contributed by atoms with Crippen LogP contribution in [0, 0.1) is 12.3 Å². The Morgan fingerprint density at radius 1 is 1.31 bits per heavy atom. The molecule has 0 saturated heterocycles. The van der Waals surface area contributed by atoms with Crippen LogP contribution in [0.5, 0.6) is 0 Å². The predicted octanol–water partition coefficient (Wildman–Crippen LogP) is 2.34. The quantitative estimate of drug-likeness (QED) is 0.709. The van der Waals surface area contributed by atoms with Crippen molar-refractivity contribution in [1.29, 1.82) is 0 Å². The van der Waals surface area contributed by atoms with Gasteiger partial charge in [-0.15, -0.1) is 6.42 Å². The molecule has 0 atom stereocenters. The highest BCUT2D eigenvalue weighted by atomic mass is 15.1. The van der Waals surface area contributed by atoms with E-state index in [2.05, 4.69) is 59.9 Å². The third-order valence-electron chi connectivity index (χ3n) is 2.62. The number of para-hydroxylation sites is 1. The Morgan fingerprint density at radius 3 is 2.75 bits per heavy atom. The van der Waals surface area contributed by atoms with Gasteiger partial charge in [-0.2, -0.15) is 0 Å². The van der Waals surface area contributed by atoms with Gasteiger partial charge in [-0.3, -0.25) is 0 Å². The number of hydrogen-bond acceptors (Lipinski definition) is 1. The van der Waals surface area contributed by atoms with E-state index < -0.39 is 0 Å². The second kappa shape index (κ2) is 4.42. The third kappa shape index (κ3) is 1.95. The van der Waals surface area contributed by atoms with Crippen LogP contribution in [0.4, 0.5) is 0 Å². The average Bonchev–Trinajstić information content (AvgIpc) is 2.58. The zero-order valence-corrected chi connectivity index (χ0v) is 9.77. The van der Waals surface area contributed by atoms with Crippen LogP contribution >= 0.6 is 0 Å². The van der Waals surface area contributed by atoms with Crippen molar-refractivity contribution in [3.63, 3.8) is 0 Å². The van der Waals surface area contributed by atoms with Gasteiger partial charge in [0.1, 0.15) is 0 Å². The fourth-order valence-corrected chi connectivity index (χ4v) is 2.02. The molecular formula is C14H16N2. The standard InChI is InChI=1S/C14H16N2/c1-4-9-16-11-12(10-15(2)3)13-7-5-6-8-14(13)16/h1,5-8,11H,9-10H2,2-3H3. The minimum absolute atomic E-state index is 0.633. The molecule has 2 nitrogen and oxygen atoms in total. The first-order chi connectivity index (χ1) is 7.72. The lowest BCUT2D eigenvalue weighted by Gasteiger charge is -2.07. The molecule has 82 valence electrons. The van der Waals surface area contributed by atoms with Gasteiger partial charge in [0, 0.05) is 23.6 Å². The molecule has 0 aliphatic heterocycles. The number of fused-ring (bicyclic) bond motifs is 1. The first-order valence-corrected chi connectivity index (χ1v) is 5.37. The maximum Gasteiger partial charge on any atom is 0.0835 e. The monoisotopic (exact) mass is 212 g/mol. The number of benzene rings is 1. The zero-order valence-electron chi connectivity index (χ0n) is 9.77. The Bertz CT molecular complexity index is 529. The molecule has 0 aliphatic carbocycles. The highest BCUT2D eigenvalue weighted by Crippen LogP contribution is 2.21. The van der Waals surface area contributed by atoms with E-state index in [4.69, 9.17) is 6.42 Å². The van der Waals surface area contributed by atoms with Gasteiger partial charge < -0.3 is 9.47 Å². The van der Waals surface area contributed by atoms with Crippen molar-refractivity contribution in [3.8, 4) is 12.3 Å². The summed E-state index contributed by atoms with van der Waals surface area (Å²) in [6.45, 7) is 1.58. The molecule has 1 aromatic carbocycles. The van der Waals surface area contributed by atoms with E-state index in [0.29, 0.717) is 6.54 Å². The third-order valence-corrected chi connectivity index (χ3v) is 2.62. The predicted molar refractivity (Wildman–Crippen MR) is 68.2 cm³/mol. The van der Waals surface area contributed by atoms with Crippen molar-refractivity contribution in [2.45, 2.75) is 13.1 Å². The van der Waals surface area contributed by atoms with Crippen LogP contribution in [0.25, 0.3) is 10.9 Å². The van der Waals surface area contributed by atoms with E-state index in [9.17, 15) is 0 Å². The summed E-state index contributed by atoms with van der Waals surface area (Å²) in [5, 5.41) is 1.30. The highest BCUT2D eigenvalue weighted by molar-refractivity contribution is 5.84. The van der Waals surface area contributed by atoms with Gasteiger partial charge in [-0.05, 0) is 25.7 Å². The highest BCUT2D eigenvalue weighted by Gasteiger charge is 2.07. The van der Waals surface area contributed by atoms with Crippen molar-refractivity contribution in [2.24, 2.45) is 0 Å². The fraction of sp³-hybridized carbons (Fsp3) is 0.286. The lowest BCUT2D eigenvalue weighted by Crippen LogP contribution is -2.10. The number of hydrogen-bond donors (Lipinski definition) is 0. The molecule has 0 spiro atoms. The molecular weight excluding hydrogens is 196 g/mol. The lowest BCUT2D eigenvalue weighted by atomic mass is 10.2. The number of nitrogens with zero attached hydrogens (tertiary/aromatic N) is 2. The summed E-state index contributed by atoms with van der Waals surface area (Å²) in [6.07, 6.45) is 7.54. The Morgan fingerprint density at radius 2 is 2.06 bits per heavy atom. The van der Waals surface area contributed by atoms with Gasteiger partial charge >= 0.3 is 0 Å². The van der Waals surface area contributed by atoms with Gasteiger partial charge in [-0.25, -0.2) is 0 Å².